The van der Waals surface area contributed by atoms with E-state index >= 15 is 0 Å². The molecule has 0 radical (unpaired) electrons. The molecule has 0 aliphatic heterocycles. The third-order valence-corrected chi connectivity index (χ3v) is 5.44. The van der Waals surface area contributed by atoms with E-state index in [4.69, 9.17) is 16.3 Å². The van der Waals surface area contributed by atoms with E-state index in [1.807, 2.05) is 36.5 Å². The Morgan fingerprint density at radius 2 is 1.75 bits per heavy atom. The summed E-state index contributed by atoms with van der Waals surface area (Å²) in [5.41, 5.74) is 8.07. The third kappa shape index (κ3) is 3.63. The van der Waals surface area contributed by atoms with Gasteiger partial charge in [0.25, 0.3) is 0 Å². The number of nitrogens with zero attached hydrogens (tertiary/aromatic N) is 2. The summed E-state index contributed by atoms with van der Waals surface area (Å²) < 4.78 is 8.52. The molecular weight excluding hydrogens is 368 g/mol. The monoisotopic (exact) mass is 390 g/mol. The summed E-state index contributed by atoms with van der Waals surface area (Å²) in [7, 11) is 0. The van der Waals surface area contributed by atoms with E-state index in [0.717, 1.165) is 33.9 Å². The molecule has 28 heavy (non-hydrogen) atoms. The first kappa shape index (κ1) is 18.6. The quantitative estimate of drug-likeness (QED) is 0.403. The number of hydrogen-bond donors (Lipinski definition) is 0. The van der Waals surface area contributed by atoms with Crippen LogP contribution in [0.4, 0.5) is 0 Å². The summed E-state index contributed by atoms with van der Waals surface area (Å²) >= 11 is 5.98. The maximum absolute atomic E-state index is 6.21. The van der Waals surface area contributed by atoms with Crippen molar-refractivity contribution in [3.8, 4) is 5.75 Å². The molecule has 3 nitrogen and oxygen atoms in total. The van der Waals surface area contributed by atoms with Crippen molar-refractivity contribution in [1.82, 2.24) is 9.55 Å². The minimum atomic E-state index is 0.490. The van der Waals surface area contributed by atoms with Crippen LogP contribution in [0.3, 0.4) is 0 Å². The first-order chi connectivity index (χ1) is 13.5. The molecule has 0 aliphatic carbocycles. The standard InChI is InChI=1S/C24H23ClN2O/c1-16-5-4-6-20(13-16)14-27-18(3)17(2)23-24(27)22(11-12-26-23)28-15-19-7-9-21(25)10-8-19/h4-13H,14-15H2,1-3H3. The predicted molar refractivity (Wildman–Crippen MR) is 115 cm³/mol. The second kappa shape index (κ2) is 7.69. The van der Waals surface area contributed by atoms with Crippen LogP contribution < -0.4 is 4.74 Å². The highest BCUT2D eigenvalue weighted by Gasteiger charge is 2.17. The Labute approximate surface area is 170 Å². The minimum absolute atomic E-state index is 0.490. The van der Waals surface area contributed by atoms with Gasteiger partial charge in [0.1, 0.15) is 17.9 Å². The van der Waals surface area contributed by atoms with Crippen molar-refractivity contribution in [2.75, 3.05) is 0 Å². The topological polar surface area (TPSA) is 27.1 Å². The SMILES string of the molecule is Cc1cccc(Cn2c(C)c(C)c3nccc(OCc4ccc(Cl)cc4)c32)c1. The van der Waals surface area contributed by atoms with Crippen LogP contribution >= 0.6 is 11.6 Å². The molecule has 0 unspecified atom stereocenters. The highest BCUT2D eigenvalue weighted by Crippen LogP contribution is 2.32. The Morgan fingerprint density at radius 3 is 2.50 bits per heavy atom. The highest BCUT2D eigenvalue weighted by atomic mass is 35.5. The Bertz CT molecular complexity index is 1130. The zero-order chi connectivity index (χ0) is 19.7. The summed E-state index contributed by atoms with van der Waals surface area (Å²) in [5.74, 6) is 0.851. The lowest BCUT2D eigenvalue weighted by molar-refractivity contribution is 0.308. The van der Waals surface area contributed by atoms with Crippen molar-refractivity contribution in [3.05, 3.63) is 93.8 Å². The summed E-state index contributed by atoms with van der Waals surface area (Å²) in [6.07, 6.45) is 1.82. The molecule has 4 rings (SSSR count). The maximum Gasteiger partial charge on any atom is 0.147 e. The number of benzene rings is 2. The average Bonchev–Trinajstić information content (AvgIpc) is 2.93. The van der Waals surface area contributed by atoms with Gasteiger partial charge >= 0.3 is 0 Å². The van der Waals surface area contributed by atoms with Crippen molar-refractivity contribution in [3.63, 3.8) is 0 Å². The molecule has 0 amide bonds. The van der Waals surface area contributed by atoms with E-state index in [9.17, 15) is 0 Å². The van der Waals surface area contributed by atoms with Gasteiger partial charge in [-0.3, -0.25) is 4.98 Å². The van der Waals surface area contributed by atoms with Crippen molar-refractivity contribution >= 4 is 22.6 Å². The minimum Gasteiger partial charge on any atom is -0.487 e. The number of aryl methyl sites for hydroxylation is 2. The van der Waals surface area contributed by atoms with Crippen LogP contribution in [0.25, 0.3) is 11.0 Å². The molecule has 0 N–H and O–H groups in total. The lowest BCUT2D eigenvalue weighted by Crippen LogP contribution is -2.04. The van der Waals surface area contributed by atoms with Crippen LogP contribution in [0.5, 0.6) is 5.75 Å². The van der Waals surface area contributed by atoms with Crippen LogP contribution in [-0.2, 0) is 13.2 Å². The van der Waals surface area contributed by atoms with Crippen LogP contribution in [-0.4, -0.2) is 9.55 Å². The Morgan fingerprint density at radius 1 is 0.964 bits per heavy atom. The first-order valence-electron chi connectivity index (χ1n) is 9.40. The number of ether oxygens (including phenoxy) is 1. The molecule has 4 heteroatoms. The second-order valence-corrected chi connectivity index (χ2v) is 7.64. The molecule has 0 aliphatic rings. The number of aromatic nitrogens is 2. The van der Waals surface area contributed by atoms with Gasteiger partial charge in [-0.1, -0.05) is 53.6 Å². The molecule has 0 spiro atoms. The fourth-order valence-electron chi connectivity index (χ4n) is 3.56. The molecule has 2 aromatic carbocycles. The summed E-state index contributed by atoms with van der Waals surface area (Å²) in [4.78, 5) is 4.63. The molecule has 0 atom stereocenters. The number of halogens is 1. The number of pyridine rings is 1. The Hall–Kier alpha value is -2.78. The summed E-state index contributed by atoms with van der Waals surface area (Å²) in [6.45, 7) is 7.68. The molecule has 0 fully saturated rings. The molecule has 2 heterocycles. The molecule has 2 aromatic heterocycles. The Balaban J connectivity index is 1.72. The number of hydrogen-bond acceptors (Lipinski definition) is 2. The molecular formula is C24H23ClN2O. The van der Waals surface area contributed by atoms with E-state index in [2.05, 4.69) is 54.6 Å². The zero-order valence-electron chi connectivity index (χ0n) is 16.4. The van der Waals surface area contributed by atoms with E-state index < -0.39 is 0 Å². The maximum atomic E-state index is 6.21. The third-order valence-electron chi connectivity index (χ3n) is 5.19. The van der Waals surface area contributed by atoms with Crippen LogP contribution in [0.2, 0.25) is 5.02 Å². The number of fused-ring (bicyclic) bond motifs is 1. The molecule has 142 valence electrons. The van der Waals surface area contributed by atoms with E-state index in [1.165, 1.54) is 22.4 Å². The van der Waals surface area contributed by atoms with Gasteiger partial charge in [-0.2, -0.15) is 0 Å². The molecule has 4 aromatic rings. The normalized spacial score (nSPS) is 11.1. The van der Waals surface area contributed by atoms with Crippen molar-refractivity contribution < 1.29 is 4.74 Å². The average molecular weight is 391 g/mol. The molecule has 0 saturated heterocycles. The van der Waals surface area contributed by atoms with Gasteiger partial charge in [-0.25, -0.2) is 0 Å². The van der Waals surface area contributed by atoms with Gasteiger partial charge in [0.2, 0.25) is 0 Å². The van der Waals surface area contributed by atoms with E-state index in [0.29, 0.717) is 6.61 Å². The smallest absolute Gasteiger partial charge is 0.147 e. The van der Waals surface area contributed by atoms with Crippen molar-refractivity contribution in [2.45, 2.75) is 33.9 Å². The fraction of sp³-hybridized carbons (Fsp3) is 0.208. The Kier molecular flexibility index (Phi) is 5.10. The van der Waals surface area contributed by atoms with Crippen molar-refractivity contribution in [2.24, 2.45) is 0 Å². The van der Waals surface area contributed by atoms with E-state index in [-0.39, 0.29) is 0 Å². The van der Waals surface area contributed by atoms with Gasteiger partial charge in [0.05, 0.1) is 5.52 Å². The van der Waals surface area contributed by atoms with Gasteiger partial charge in [-0.15, -0.1) is 0 Å². The molecule has 0 bridgehead atoms. The van der Waals surface area contributed by atoms with E-state index in [1.54, 1.807) is 0 Å². The lowest BCUT2D eigenvalue weighted by Gasteiger charge is -2.13. The van der Waals surface area contributed by atoms with Crippen LogP contribution in [0, 0.1) is 20.8 Å². The largest absolute Gasteiger partial charge is 0.487 e. The van der Waals surface area contributed by atoms with Gasteiger partial charge < -0.3 is 9.30 Å². The predicted octanol–water partition coefficient (Wildman–Crippen LogP) is 6.24. The first-order valence-corrected chi connectivity index (χ1v) is 9.78. The van der Waals surface area contributed by atoms with Crippen molar-refractivity contribution in [1.29, 1.82) is 0 Å². The van der Waals surface area contributed by atoms with Gasteiger partial charge in [0, 0.05) is 29.5 Å². The van der Waals surface area contributed by atoms with Crippen LogP contribution in [0.15, 0.2) is 60.8 Å². The van der Waals surface area contributed by atoms with Crippen LogP contribution in [0.1, 0.15) is 27.9 Å². The second-order valence-electron chi connectivity index (χ2n) is 7.21. The fourth-order valence-corrected chi connectivity index (χ4v) is 3.69. The summed E-state index contributed by atoms with van der Waals surface area (Å²) in [6, 6.07) is 18.3. The highest BCUT2D eigenvalue weighted by molar-refractivity contribution is 6.30. The van der Waals surface area contributed by atoms with Gasteiger partial charge in [0.15, 0.2) is 0 Å². The molecule has 0 saturated carbocycles. The lowest BCUT2D eigenvalue weighted by atomic mass is 10.1. The summed E-state index contributed by atoms with van der Waals surface area (Å²) in [5, 5.41) is 0.730. The number of rotatable bonds is 5. The van der Waals surface area contributed by atoms with Gasteiger partial charge in [-0.05, 0) is 49.6 Å². The zero-order valence-corrected chi connectivity index (χ0v) is 17.1.